The van der Waals surface area contributed by atoms with E-state index in [9.17, 15) is 9.36 Å². The normalized spacial score (nSPS) is 13.0. The summed E-state index contributed by atoms with van der Waals surface area (Å²) in [5.41, 5.74) is 0.654. The Bertz CT molecular complexity index is 590. The standard InChI is InChI=1S/C17H26NO5P/c1-6-9-16(19)18(4)17(24(20,22-7-2)23-8-3)14-10-12-15(21-5)13-11-14/h6,9-13,17H,7-8H2,1-5H3/b9-6+. The molecule has 1 unspecified atom stereocenters. The molecule has 0 aliphatic carbocycles. The quantitative estimate of drug-likeness (QED) is 0.495. The first kappa shape index (κ1) is 20.4. The van der Waals surface area contributed by atoms with Crippen molar-refractivity contribution in [2.24, 2.45) is 0 Å². The molecule has 0 radical (unpaired) electrons. The number of nitrogens with zero attached hydrogens (tertiary/aromatic N) is 1. The largest absolute Gasteiger partial charge is 0.497 e. The Morgan fingerprint density at radius 2 is 1.75 bits per heavy atom. The van der Waals surface area contributed by atoms with Crippen LogP contribution in [-0.4, -0.2) is 38.2 Å². The highest BCUT2D eigenvalue weighted by Crippen LogP contribution is 2.62. The number of benzene rings is 1. The molecule has 7 heteroatoms. The van der Waals surface area contributed by atoms with Crippen molar-refractivity contribution in [3.63, 3.8) is 0 Å². The van der Waals surface area contributed by atoms with Gasteiger partial charge in [-0.1, -0.05) is 18.2 Å². The summed E-state index contributed by atoms with van der Waals surface area (Å²) in [6, 6.07) is 7.01. The summed E-state index contributed by atoms with van der Waals surface area (Å²) in [6.07, 6.45) is 3.05. The summed E-state index contributed by atoms with van der Waals surface area (Å²) in [6.45, 7) is 5.67. The predicted molar refractivity (Wildman–Crippen MR) is 94.2 cm³/mol. The van der Waals surface area contributed by atoms with Gasteiger partial charge in [-0.25, -0.2) is 0 Å². The summed E-state index contributed by atoms with van der Waals surface area (Å²) >= 11 is 0. The molecule has 0 saturated heterocycles. The molecule has 1 atom stereocenters. The highest BCUT2D eigenvalue weighted by Gasteiger charge is 2.41. The molecule has 0 fully saturated rings. The van der Waals surface area contributed by atoms with Gasteiger partial charge in [-0.05, 0) is 44.5 Å². The fraction of sp³-hybridized carbons (Fsp3) is 0.471. The van der Waals surface area contributed by atoms with Crippen LogP contribution in [0, 0.1) is 0 Å². The first-order valence-electron chi connectivity index (χ1n) is 7.85. The van der Waals surface area contributed by atoms with Crippen LogP contribution in [0.25, 0.3) is 0 Å². The minimum absolute atomic E-state index is 0.218. The number of hydrogen-bond donors (Lipinski definition) is 0. The number of methoxy groups -OCH3 is 1. The van der Waals surface area contributed by atoms with E-state index in [1.54, 1.807) is 65.3 Å². The van der Waals surface area contributed by atoms with Gasteiger partial charge in [0, 0.05) is 7.05 Å². The molecule has 1 aromatic rings. The van der Waals surface area contributed by atoms with E-state index in [4.69, 9.17) is 13.8 Å². The lowest BCUT2D eigenvalue weighted by atomic mass is 10.2. The second kappa shape index (κ2) is 9.62. The number of amides is 1. The lowest BCUT2D eigenvalue weighted by molar-refractivity contribution is -0.126. The van der Waals surface area contributed by atoms with Crippen LogP contribution in [0.2, 0.25) is 0 Å². The fourth-order valence-corrected chi connectivity index (χ4v) is 4.47. The van der Waals surface area contributed by atoms with Gasteiger partial charge in [-0.15, -0.1) is 0 Å². The molecule has 1 rings (SSSR count). The number of hydrogen-bond acceptors (Lipinski definition) is 5. The minimum atomic E-state index is -3.58. The maximum atomic E-state index is 13.3. The smallest absolute Gasteiger partial charge is 0.357 e. The highest BCUT2D eigenvalue weighted by atomic mass is 31.2. The Morgan fingerprint density at radius 3 is 2.17 bits per heavy atom. The van der Waals surface area contributed by atoms with Crippen molar-refractivity contribution in [1.82, 2.24) is 4.90 Å². The van der Waals surface area contributed by atoms with Crippen LogP contribution in [0.3, 0.4) is 0 Å². The van der Waals surface area contributed by atoms with Crippen molar-refractivity contribution in [3.8, 4) is 5.75 Å². The monoisotopic (exact) mass is 355 g/mol. The SMILES string of the molecule is C/C=C/C(=O)N(C)C(c1ccc(OC)cc1)P(=O)(OCC)OCC. The Hall–Kier alpha value is -1.62. The summed E-state index contributed by atoms with van der Waals surface area (Å²) in [5, 5.41) is 0. The average molecular weight is 355 g/mol. The lowest BCUT2D eigenvalue weighted by Gasteiger charge is -2.33. The molecular weight excluding hydrogens is 329 g/mol. The molecule has 0 heterocycles. The third-order valence-corrected chi connectivity index (χ3v) is 5.84. The summed E-state index contributed by atoms with van der Waals surface area (Å²) < 4.78 is 29.4. The maximum absolute atomic E-state index is 13.3. The lowest BCUT2D eigenvalue weighted by Crippen LogP contribution is -2.31. The zero-order valence-electron chi connectivity index (χ0n) is 14.9. The number of likely N-dealkylation sites (N-methyl/N-ethyl adjacent to an activating group) is 1. The number of carbonyl (C=O) groups is 1. The fourth-order valence-electron chi connectivity index (χ4n) is 2.31. The third-order valence-electron chi connectivity index (χ3n) is 3.36. The second-order valence-corrected chi connectivity index (χ2v) is 7.06. The molecule has 0 aromatic heterocycles. The van der Waals surface area contributed by atoms with Gasteiger partial charge in [0.15, 0.2) is 5.78 Å². The Balaban J connectivity index is 3.37. The number of rotatable bonds is 9. The number of ether oxygens (including phenoxy) is 1. The van der Waals surface area contributed by atoms with Gasteiger partial charge in [0.2, 0.25) is 5.91 Å². The molecule has 0 aliphatic heterocycles. The third kappa shape index (κ3) is 4.94. The van der Waals surface area contributed by atoms with Crippen LogP contribution in [-0.2, 0) is 18.4 Å². The molecule has 0 spiro atoms. The van der Waals surface area contributed by atoms with Gasteiger partial charge in [0.1, 0.15) is 5.75 Å². The molecule has 0 aliphatic rings. The van der Waals surface area contributed by atoms with E-state index in [-0.39, 0.29) is 19.1 Å². The maximum Gasteiger partial charge on any atom is 0.357 e. The van der Waals surface area contributed by atoms with E-state index in [1.165, 1.54) is 11.0 Å². The van der Waals surface area contributed by atoms with Crippen LogP contribution in [0.1, 0.15) is 32.1 Å². The summed E-state index contributed by atoms with van der Waals surface area (Å²) in [5.74, 6) is -0.451. The van der Waals surface area contributed by atoms with Crippen molar-refractivity contribution >= 4 is 13.5 Å². The van der Waals surface area contributed by atoms with Crippen molar-refractivity contribution in [1.29, 1.82) is 0 Å². The molecule has 6 nitrogen and oxygen atoms in total. The molecule has 1 aromatic carbocycles. The first-order valence-corrected chi connectivity index (χ1v) is 9.46. The summed E-state index contributed by atoms with van der Waals surface area (Å²) in [4.78, 5) is 13.7. The average Bonchev–Trinajstić information content (AvgIpc) is 2.56. The van der Waals surface area contributed by atoms with E-state index >= 15 is 0 Å². The van der Waals surface area contributed by atoms with Crippen LogP contribution < -0.4 is 4.74 Å². The van der Waals surface area contributed by atoms with Crippen molar-refractivity contribution < 1.29 is 23.1 Å². The zero-order chi connectivity index (χ0) is 18.2. The Kier molecular flexibility index (Phi) is 8.19. The molecule has 134 valence electrons. The second-order valence-electron chi connectivity index (χ2n) is 4.97. The topological polar surface area (TPSA) is 65.1 Å². The van der Waals surface area contributed by atoms with Crippen LogP contribution in [0.4, 0.5) is 0 Å². The van der Waals surface area contributed by atoms with E-state index < -0.39 is 13.4 Å². The van der Waals surface area contributed by atoms with Crippen molar-refractivity contribution in [3.05, 3.63) is 42.0 Å². The van der Waals surface area contributed by atoms with Gasteiger partial charge in [-0.2, -0.15) is 0 Å². The highest BCUT2D eigenvalue weighted by molar-refractivity contribution is 7.54. The zero-order valence-corrected chi connectivity index (χ0v) is 15.8. The minimum Gasteiger partial charge on any atom is -0.497 e. The van der Waals surface area contributed by atoms with Crippen molar-refractivity contribution in [2.75, 3.05) is 27.4 Å². The summed E-state index contributed by atoms with van der Waals surface area (Å²) in [7, 11) is -0.424. The van der Waals surface area contributed by atoms with Crippen molar-refractivity contribution in [2.45, 2.75) is 26.6 Å². The van der Waals surface area contributed by atoms with E-state index in [0.717, 1.165) is 0 Å². The van der Waals surface area contributed by atoms with E-state index in [1.807, 2.05) is 0 Å². The van der Waals surface area contributed by atoms with Crippen LogP contribution >= 0.6 is 7.60 Å². The van der Waals surface area contributed by atoms with Gasteiger partial charge in [0.25, 0.3) is 0 Å². The molecule has 1 amide bonds. The Morgan fingerprint density at radius 1 is 1.21 bits per heavy atom. The first-order chi connectivity index (χ1) is 11.4. The molecule has 0 bridgehead atoms. The van der Waals surface area contributed by atoms with Gasteiger partial charge >= 0.3 is 7.60 Å². The molecule has 0 N–H and O–H groups in total. The van der Waals surface area contributed by atoms with Crippen LogP contribution in [0.15, 0.2) is 36.4 Å². The van der Waals surface area contributed by atoms with E-state index in [0.29, 0.717) is 11.3 Å². The molecular formula is C17H26NO5P. The predicted octanol–water partition coefficient (Wildman–Crippen LogP) is 3.99. The van der Waals surface area contributed by atoms with Crippen LogP contribution in [0.5, 0.6) is 5.75 Å². The van der Waals surface area contributed by atoms with Gasteiger partial charge in [-0.3, -0.25) is 9.36 Å². The number of carbonyl (C=O) groups excluding carboxylic acids is 1. The Labute approximate surface area is 143 Å². The van der Waals surface area contributed by atoms with Gasteiger partial charge in [0.05, 0.1) is 20.3 Å². The van der Waals surface area contributed by atoms with Gasteiger partial charge < -0.3 is 18.7 Å². The van der Waals surface area contributed by atoms with E-state index in [2.05, 4.69) is 0 Å². The molecule has 0 saturated carbocycles. The molecule has 24 heavy (non-hydrogen) atoms. The number of allylic oxidation sites excluding steroid dienone is 1.